The Balaban J connectivity index is 1.62. The van der Waals surface area contributed by atoms with Gasteiger partial charge in [-0.2, -0.15) is 5.10 Å². The maximum atomic E-state index is 12.1. The third kappa shape index (κ3) is 4.23. The lowest BCUT2D eigenvalue weighted by molar-refractivity contribution is -0.307. The van der Waals surface area contributed by atoms with Crippen LogP contribution in [-0.4, -0.2) is 34.2 Å². The molecule has 0 bridgehead atoms. The summed E-state index contributed by atoms with van der Waals surface area (Å²) in [5.41, 5.74) is 4.62. The lowest BCUT2D eigenvalue weighted by Crippen LogP contribution is -2.29. The molecular weight excluding hydrogens is 336 g/mol. The molecule has 0 fully saturated rings. The van der Waals surface area contributed by atoms with Crippen molar-refractivity contribution in [3.63, 3.8) is 0 Å². The quantitative estimate of drug-likeness (QED) is 0.487. The Morgan fingerprint density at radius 2 is 1.96 bits per heavy atom. The summed E-state index contributed by atoms with van der Waals surface area (Å²) in [6.07, 6.45) is 2.98. The summed E-state index contributed by atoms with van der Waals surface area (Å²) in [4.78, 5) is 26.8. The summed E-state index contributed by atoms with van der Waals surface area (Å²) in [7, 11) is 0. The summed E-state index contributed by atoms with van der Waals surface area (Å²) < 4.78 is 6.83. The van der Waals surface area contributed by atoms with E-state index in [1.165, 1.54) is 6.21 Å². The summed E-state index contributed by atoms with van der Waals surface area (Å²) in [5, 5.41) is 14.4. The van der Waals surface area contributed by atoms with Gasteiger partial charge >= 0.3 is 0 Å². The number of carbonyl (C=O) groups excluding carboxylic acids is 2. The third-order valence-corrected chi connectivity index (χ3v) is 3.50. The molecule has 1 amide bonds. The van der Waals surface area contributed by atoms with Crippen molar-refractivity contribution >= 4 is 29.1 Å². The maximum absolute atomic E-state index is 12.1. The Bertz CT molecular complexity index is 964. The summed E-state index contributed by atoms with van der Waals surface area (Å²) >= 11 is 0. The molecule has 0 spiro atoms. The predicted molar refractivity (Wildman–Crippen MR) is 92.4 cm³/mol. The second-order valence-corrected chi connectivity index (χ2v) is 5.35. The average molecular weight is 351 g/mol. The molecule has 1 heterocycles. The second-order valence-electron chi connectivity index (χ2n) is 5.35. The number of nitrogens with zero attached hydrogens (tertiary/aromatic N) is 3. The molecule has 0 aliphatic heterocycles. The smallest absolute Gasteiger partial charge is 0.260 e. The van der Waals surface area contributed by atoms with Crippen molar-refractivity contribution in [1.82, 2.24) is 15.0 Å². The molecule has 8 heteroatoms. The number of imidazole rings is 1. The first-order chi connectivity index (χ1) is 12.6. The van der Waals surface area contributed by atoms with Crippen LogP contribution in [-0.2, 0) is 16.1 Å². The van der Waals surface area contributed by atoms with Gasteiger partial charge in [0.25, 0.3) is 5.91 Å². The minimum absolute atomic E-state index is 0.0701. The molecule has 0 radical (unpaired) electrons. The number of para-hydroxylation sites is 3. The zero-order chi connectivity index (χ0) is 18.4. The molecule has 3 rings (SSSR count). The topological polar surface area (TPSA) is 109 Å². The van der Waals surface area contributed by atoms with E-state index in [1.54, 1.807) is 35.2 Å². The highest BCUT2D eigenvalue weighted by atomic mass is 16.5. The van der Waals surface area contributed by atoms with Crippen LogP contribution in [0.4, 0.5) is 0 Å². The number of aliphatic carboxylic acids is 1. The molecule has 0 atom stereocenters. The van der Waals surface area contributed by atoms with Gasteiger partial charge in [-0.1, -0.05) is 24.3 Å². The van der Waals surface area contributed by atoms with Crippen LogP contribution in [0.15, 0.2) is 60.0 Å². The number of hydrazone groups is 1. The van der Waals surface area contributed by atoms with Gasteiger partial charge in [0.2, 0.25) is 0 Å². The number of hydrogen-bond acceptors (Lipinski definition) is 6. The highest BCUT2D eigenvalue weighted by molar-refractivity contribution is 5.86. The van der Waals surface area contributed by atoms with E-state index in [9.17, 15) is 14.7 Å². The van der Waals surface area contributed by atoms with Crippen molar-refractivity contribution < 1.29 is 19.4 Å². The highest BCUT2D eigenvalue weighted by Gasteiger charge is 2.06. The van der Waals surface area contributed by atoms with Crippen LogP contribution in [0.2, 0.25) is 0 Å². The monoisotopic (exact) mass is 351 g/mol. The van der Waals surface area contributed by atoms with Crippen molar-refractivity contribution in [3.8, 4) is 5.75 Å². The number of rotatable bonds is 7. The number of aromatic nitrogens is 2. The van der Waals surface area contributed by atoms with Crippen LogP contribution in [0.25, 0.3) is 11.0 Å². The highest BCUT2D eigenvalue weighted by Crippen LogP contribution is 2.15. The van der Waals surface area contributed by atoms with Crippen molar-refractivity contribution in [2.24, 2.45) is 5.10 Å². The van der Waals surface area contributed by atoms with Crippen LogP contribution in [0.3, 0.4) is 0 Å². The first-order valence-electron chi connectivity index (χ1n) is 7.77. The summed E-state index contributed by atoms with van der Waals surface area (Å²) in [6, 6.07) is 14.2. The lowest BCUT2D eigenvalue weighted by Gasteiger charge is -2.09. The fraction of sp³-hybridized carbons (Fsp3) is 0.111. The Hall–Kier alpha value is -3.68. The van der Waals surface area contributed by atoms with E-state index < -0.39 is 12.6 Å². The number of carboxylic acid groups (broad SMARTS) is 1. The number of fused-ring (bicyclic) bond motifs is 1. The molecule has 2 aromatic carbocycles. The summed E-state index contributed by atoms with van der Waals surface area (Å²) in [5.74, 6) is -1.31. The molecule has 132 valence electrons. The van der Waals surface area contributed by atoms with Crippen LogP contribution in [0, 0.1) is 0 Å². The maximum Gasteiger partial charge on any atom is 0.260 e. The second kappa shape index (κ2) is 7.93. The van der Waals surface area contributed by atoms with E-state index >= 15 is 0 Å². The van der Waals surface area contributed by atoms with Gasteiger partial charge in [0.15, 0.2) is 0 Å². The van der Waals surface area contributed by atoms with Gasteiger partial charge in [-0.25, -0.2) is 10.4 Å². The van der Waals surface area contributed by atoms with E-state index in [2.05, 4.69) is 15.5 Å². The van der Waals surface area contributed by atoms with Crippen molar-refractivity contribution in [3.05, 3.63) is 60.4 Å². The fourth-order valence-electron chi connectivity index (χ4n) is 2.36. The fourth-order valence-corrected chi connectivity index (χ4v) is 2.36. The van der Waals surface area contributed by atoms with Crippen LogP contribution in [0.1, 0.15) is 5.56 Å². The standard InChI is InChI=1S/C18H16N4O4/c23-17(10-22-12-19-14-6-2-3-7-15(14)22)21-20-9-13-5-1-4-8-16(13)26-11-18(24)25/h1-9,12H,10-11H2,(H,21,23)(H,24,25)/p-1/b20-9+. The summed E-state index contributed by atoms with van der Waals surface area (Å²) in [6.45, 7) is -0.494. The molecule has 8 nitrogen and oxygen atoms in total. The Morgan fingerprint density at radius 3 is 2.81 bits per heavy atom. The Kier molecular flexibility index (Phi) is 5.23. The zero-order valence-electron chi connectivity index (χ0n) is 13.7. The third-order valence-electron chi connectivity index (χ3n) is 3.50. The SMILES string of the molecule is O=C([O-])COc1ccccc1/C=N/NC(=O)Cn1cnc2ccccc21. The average Bonchev–Trinajstić information content (AvgIpc) is 3.04. The van der Waals surface area contributed by atoms with E-state index in [0.717, 1.165) is 11.0 Å². The van der Waals surface area contributed by atoms with Crippen LogP contribution < -0.4 is 15.3 Å². The molecule has 0 aliphatic carbocycles. The van der Waals surface area contributed by atoms with Gasteiger partial charge in [-0.15, -0.1) is 0 Å². The zero-order valence-corrected chi connectivity index (χ0v) is 13.7. The van der Waals surface area contributed by atoms with Gasteiger partial charge in [0.1, 0.15) is 18.9 Å². The van der Waals surface area contributed by atoms with Crippen molar-refractivity contribution in [1.29, 1.82) is 0 Å². The molecule has 3 aromatic rings. The minimum Gasteiger partial charge on any atom is -0.546 e. The van der Waals surface area contributed by atoms with Crippen molar-refractivity contribution in [2.45, 2.75) is 6.54 Å². The van der Waals surface area contributed by atoms with E-state index in [1.807, 2.05) is 24.3 Å². The minimum atomic E-state index is -1.32. The van der Waals surface area contributed by atoms with Gasteiger partial charge in [0, 0.05) is 5.56 Å². The number of hydrogen-bond donors (Lipinski definition) is 1. The first-order valence-corrected chi connectivity index (χ1v) is 7.77. The van der Waals surface area contributed by atoms with E-state index in [4.69, 9.17) is 4.74 Å². The molecule has 0 unspecified atom stereocenters. The van der Waals surface area contributed by atoms with Crippen LogP contribution >= 0.6 is 0 Å². The Labute approximate surface area is 148 Å². The van der Waals surface area contributed by atoms with E-state index in [0.29, 0.717) is 11.3 Å². The molecule has 1 N–H and O–H groups in total. The molecule has 1 aromatic heterocycles. The molecule has 0 aliphatic rings. The number of carboxylic acids is 1. The number of ether oxygens (including phenoxy) is 1. The molecule has 26 heavy (non-hydrogen) atoms. The van der Waals surface area contributed by atoms with Crippen LogP contribution in [0.5, 0.6) is 5.75 Å². The number of carbonyl (C=O) groups is 2. The molecule has 0 saturated heterocycles. The van der Waals surface area contributed by atoms with Gasteiger partial charge in [-0.3, -0.25) is 4.79 Å². The van der Waals surface area contributed by atoms with Gasteiger partial charge in [-0.05, 0) is 24.3 Å². The molecule has 0 saturated carbocycles. The first kappa shape index (κ1) is 17.2. The lowest BCUT2D eigenvalue weighted by atomic mass is 10.2. The predicted octanol–water partition coefficient (Wildman–Crippen LogP) is 0.315. The van der Waals surface area contributed by atoms with E-state index in [-0.39, 0.29) is 12.5 Å². The van der Waals surface area contributed by atoms with Gasteiger partial charge < -0.3 is 19.2 Å². The number of nitrogens with one attached hydrogen (secondary N) is 1. The Morgan fingerprint density at radius 1 is 1.19 bits per heavy atom. The molecular formula is C18H15N4O4-. The normalized spacial score (nSPS) is 10.9. The van der Waals surface area contributed by atoms with Gasteiger partial charge in [0.05, 0.1) is 29.5 Å². The largest absolute Gasteiger partial charge is 0.546 e. The number of amides is 1. The number of benzene rings is 2. The van der Waals surface area contributed by atoms with Crippen molar-refractivity contribution in [2.75, 3.05) is 6.61 Å².